The number of aryl methyl sites for hydroxylation is 1. The molecule has 2 aromatic rings. The van der Waals surface area contributed by atoms with Gasteiger partial charge in [-0.2, -0.15) is 0 Å². The van der Waals surface area contributed by atoms with Crippen molar-refractivity contribution in [3.8, 4) is 0 Å². The van der Waals surface area contributed by atoms with Crippen LogP contribution >= 0.6 is 0 Å². The van der Waals surface area contributed by atoms with Gasteiger partial charge in [0.05, 0.1) is 6.54 Å². The van der Waals surface area contributed by atoms with Gasteiger partial charge in [-0.1, -0.05) is 29.8 Å². The molecule has 6 nitrogen and oxygen atoms in total. The number of hydrogen-bond donors (Lipinski definition) is 3. The molecule has 0 radical (unpaired) electrons. The lowest BCUT2D eigenvalue weighted by atomic mass is 9.97. The number of hydrogen-bond acceptors (Lipinski definition) is 3. The van der Waals surface area contributed by atoms with Crippen LogP contribution in [0.25, 0.3) is 0 Å². The summed E-state index contributed by atoms with van der Waals surface area (Å²) in [5, 5.41) is 8.68. The lowest BCUT2D eigenvalue weighted by molar-refractivity contribution is -0.131. The standard InChI is InChI=1S/C20H24N4O2/c1-14-6-8-16(9-7-14)22-20(26)23-18-5-3-4-15-13-24(11-10-17(15)18)19(25)12-21-2/h3-9,21H,10-13H2,1-2H3,(H2,22,23,26). The van der Waals surface area contributed by atoms with Gasteiger partial charge in [0.2, 0.25) is 5.91 Å². The van der Waals surface area contributed by atoms with Crippen molar-refractivity contribution in [1.82, 2.24) is 10.2 Å². The molecule has 0 atom stereocenters. The molecule has 1 aliphatic rings. The van der Waals surface area contributed by atoms with Gasteiger partial charge < -0.3 is 20.9 Å². The van der Waals surface area contributed by atoms with Gasteiger partial charge in [-0.25, -0.2) is 4.79 Å². The number of anilines is 2. The minimum absolute atomic E-state index is 0.0913. The first-order valence-electron chi connectivity index (χ1n) is 8.74. The number of likely N-dealkylation sites (N-methyl/N-ethyl adjacent to an activating group) is 1. The summed E-state index contributed by atoms with van der Waals surface area (Å²) in [6.07, 6.45) is 0.728. The second kappa shape index (κ2) is 8.01. The van der Waals surface area contributed by atoms with Crippen molar-refractivity contribution in [3.63, 3.8) is 0 Å². The van der Waals surface area contributed by atoms with Crippen LogP contribution < -0.4 is 16.0 Å². The molecule has 0 aromatic heterocycles. The number of nitrogens with zero attached hydrogens (tertiary/aromatic N) is 1. The summed E-state index contributed by atoms with van der Waals surface area (Å²) in [6, 6.07) is 13.2. The fourth-order valence-corrected chi connectivity index (χ4v) is 3.12. The van der Waals surface area contributed by atoms with Crippen LogP contribution in [0.5, 0.6) is 0 Å². The van der Waals surface area contributed by atoms with Crippen molar-refractivity contribution in [2.45, 2.75) is 19.9 Å². The van der Waals surface area contributed by atoms with Crippen molar-refractivity contribution in [1.29, 1.82) is 0 Å². The van der Waals surface area contributed by atoms with E-state index in [0.717, 1.165) is 34.5 Å². The van der Waals surface area contributed by atoms with E-state index >= 15 is 0 Å². The molecule has 0 spiro atoms. The third-order valence-electron chi connectivity index (χ3n) is 4.50. The maximum absolute atomic E-state index is 12.3. The van der Waals surface area contributed by atoms with Crippen LogP contribution in [0.3, 0.4) is 0 Å². The number of benzene rings is 2. The molecule has 1 heterocycles. The maximum Gasteiger partial charge on any atom is 0.323 e. The summed E-state index contributed by atoms with van der Waals surface area (Å²) >= 11 is 0. The van der Waals surface area contributed by atoms with Crippen LogP contribution in [-0.4, -0.2) is 37.0 Å². The monoisotopic (exact) mass is 352 g/mol. The van der Waals surface area contributed by atoms with E-state index in [1.165, 1.54) is 0 Å². The molecule has 0 bridgehead atoms. The normalized spacial score (nSPS) is 13.1. The predicted octanol–water partition coefficient (Wildman–Crippen LogP) is 2.74. The highest BCUT2D eigenvalue weighted by atomic mass is 16.2. The Morgan fingerprint density at radius 3 is 2.58 bits per heavy atom. The second-order valence-electron chi connectivity index (χ2n) is 6.48. The van der Waals surface area contributed by atoms with Gasteiger partial charge in [0.1, 0.15) is 0 Å². The van der Waals surface area contributed by atoms with E-state index in [-0.39, 0.29) is 11.9 Å². The molecule has 2 aromatic carbocycles. The first kappa shape index (κ1) is 17.9. The van der Waals surface area contributed by atoms with E-state index in [4.69, 9.17) is 0 Å². The minimum Gasteiger partial charge on any atom is -0.337 e. The molecule has 6 heteroatoms. The van der Waals surface area contributed by atoms with Crippen molar-refractivity contribution in [2.75, 3.05) is 30.8 Å². The van der Waals surface area contributed by atoms with Gasteiger partial charge >= 0.3 is 6.03 Å². The first-order valence-corrected chi connectivity index (χ1v) is 8.74. The van der Waals surface area contributed by atoms with Gasteiger partial charge in [-0.3, -0.25) is 4.79 Å². The van der Waals surface area contributed by atoms with E-state index in [2.05, 4.69) is 16.0 Å². The minimum atomic E-state index is -0.268. The SMILES string of the molecule is CNCC(=O)N1CCc2c(cccc2NC(=O)Nc2ccc(C)cc2)C1. The van der Waals surface area contributed by atoms with E-state index in [1.54, 1.807) is 7.05 Å². The molecule has 0 saturated heterocycles. The average Bonchev–Trinajstić information content (AvgIpc) is 2.63. The average molecular weight is 352 g/mol. The fraction of sp³-hybridized carbons (Fsp3) is 0.300. The topological polar surface area (TPSA) is 73.5 Å². The van der Waals surface area contributed by atoms with Crippen LogP contribution in [0.15, 0.2) is 42.5 Å². The summed E-state index contributed by atoms with van der Waals surface area (Å²) < 4.78 is 0. The van der Waals surface area contributed by atoms with Gasteiger partial charge in [-0.15, -0.1) is 0 Å². The number of urea groups is 1. The Morgan fingerprint density at radius 1 is 1.08 bits per heavy atom. The zero-order valence-electron chi connectivity index (χ0n) is 15.1. The molecule has 0 saturated carbocycles. The molecule has 3 amide bonds. The van der Waals surface area contributed by atoms with Gasteiger partial charge in [0.25, 0.3) is 0 Å². The Hall–Kier alpha value is -2.86. The second-order valence-corrected chi connectivity index (χ2v) is 6.48. The molecule has 3 N–H and O–H groups in total. The molecule has 136 valence electrons. The molecule has 3 rings (SSSR count). The number of amides is 3. The first-order chi connectivity index (χ1) is 12.6. The number of fused-ring (bicyclic) bond motifs is 1. The summed E-state index contributed by atoms with van der Waals surface area (Å²) in [5.74, 6) is 0.0913. The Bertz CT molecular complexity index is 802. The van der Waals surface area contributed by atoms with E-state index in [9.17, 15) is 9.59 Å². The predicted molar refractivity (Wildman–Crippen MR) is 103 cm³/mol. The van der Waals surface area contributed by atoms with E-state index < -0.39 is 0 Å². The van der Waals surface area contributed by atoms with Crippen LogP contribution in [0.2, 0.25) is 0 Å². The van der Waals surface area contributed by atoms with Crippen LogP contribution in [0.4, 0.5) is 16.2 Å². The number of nitrogens with one attached hydrogen (secondary N) is 3. The third-order valence-corrected chi connectivity index (χ3v) is 4.50. The smallest absolute Gasteiger partial charge is 0.323 e. The zero-order chi connectivity index (χ0) is 18.5. The van der Waals surface area contributed by atoms with Crippen molar-refractivity contribution in [3.05, 3.63) is 59.2 Å². The highest BCUT2D eigenvalue weighted by Gasteiger charge is 2.22. The van der Waals surface area contributed by atoms with Crippen LogP contribution in [-0.2, 0) is 17.8 Å². The van der Waals surface area contributed by atoms with Gasteiger partial charge in [0.15, 0.2) is 0 Å². The largest absolute Gasteiger partial charge is 0.337 e. The molecule has 26 heavy (non-hydrogen) atoms. The number of carbonyl (C=O) groups excluding carboxylic acids is 2. The molecular formula is C20H24N4O2. The summed E-state index contributed by atoms with van der Waals surface area (Å²) in [6.45, 7) is 3.58. The quantitative estimate of drug-likeness (QED) is 0.792. The summed E-state index contributed by atoms with van der Waals surface area (Å²) in [5.41, 5.74) is 4.87. The summed E-state index contributed by atoms with van der Waals surface area (Å²) in [4.78, 5) is 26.2. The van der Waals surface area contributed by atoms with Gasteiger partial charge in [-0.05, 0) is 49.7 Å². The van der Waals surface area contributed by atoms with E-state index in [0.29, 0.717) is 19.6 Å². The maximum atomic E-state index is 12.3. The van der Waals surface area contributed by atoms with Crippen molar-refractivity contribution in [2.24, 2.45) is 0 Å². The fourth-order valence-electron chi connectivity index (χ4n) is 3.12. The molecule has 1 aliphatic heterocycles. The van der Waals surface area contributed by atoms with Gasteiger partial charge in [0, 0.05) is 24.5 Å². The van der Waals surface area contributed by atoms with E-state index in [1.807, 2.05) is 54.3 Å². The molecule has 0 fully saturated rings. The Morgan fingerprint density at radius 2 is 1.85 bits per heavy atom. The molecule has 0 unspecified atom stereocenters. The highest BCUT2D eigenvalue weighted by Crippen LogP contribution is 2.26. The highest BCUT2D eigenvalue weighted by molar-refractivity contribution is 6.00. The zero-order valence-corrected chi connectivity index (χ0v) is 15.1. The Balaban J connectivity index is 1.68. The molecular weight excluding hydrogens is 328 g/mol. The number of rotatable bonds is 4. The lowest BCUT2D eigenvalue weighted by Gasteiger charge is -2.30. The Kier molecular flexibility index (Phi) is 5.53. The third kappa shape index (κ3) is 4.21. The Labute approximate surface area is 153 Å². The van der Waals surface area contributed by atoms with Crippen molar-refractivity contribution < 1.29 is 9.59 Å². The molecule has 0 aliphatic carbocycles. The summed E-state index contributed by atoms with van der Waals surface area (Å²) in [7, 11) is 1.77. The lowest BCUT2D eigenvalue weighted by Crippen LogP contribution is -2.40. The van der Waals surface area contributed by atoms with Crippen LogP contribution in [0.1, 0.15) is 16.7 Å². The van der Waals surface area contributed by atoms with Crippen molar-refractivity contribution >= 4 is 23.3 Å². The van der Waals surface area contributed by atoms with Crippen LogP contribution in [0, 0.1) is 6.92 Å². The number of carbonyl (C=O) groups is 2.